The highest BCUT2D eigenvalue weighted by Crippen LogP contribution is 2.27. The van der Waals surface area contributed by atoms with Crippen molar-refractivity contribution < 1.29 is 9.32 Å². The first kappa shape index (κ1) is 17.9. The van der Waals surface area contributed by atoms with Gasteiger partial charge in [0.1, 0.15) is 5.69 Å². The molecular weight excluding hydrogens is 426 g/mol. The van der Waals surface area contributed by atoms with E-state index < -0.39 is 0 Å². The monoisotopic (exact) mass is 441 g/mol. The van der Waals surface area contributed by atoms with Crippen LogP contribution in [0.25, 0.3) is 22.2 Å². The summed E-state index contributed by atoms with van der Waals surface area (Å²) in [5, 5.41) is 10.3. The number of fused-ring (bicyclic) bond motifs is 1. The number of amides is 1. The van der Waals surface area contributed by atoms with E-state index in [-0.39, 0.29) is 12.3 Å². The summed E-state index contributed by atoms with van der Waals surface area (Å²) in [5.41, 5.74) is 5.35. The summed E-state index contributed by atoms with van der Waals surface area (Å²) in [4.78, 5) is 17.0. The minimum Gasteiger partial charge on any atom is -0.356 e. The van der Waals surface area contributed by atoms with Crippen molar-refractivity contribution in [2.24, 2.45) is 0 Å². The summed E-state index contributed by atoms with van der Waals surface area (Å²) in [5.74, 6) is -0.165. The maximum atomic E-state index is 12.5. The molecule has 1 amide bonds. The molecule has 27 heavy (non-hydrogen) atoms. The van der Waals surface area contributed by atoms with Crippen LogP contribution in [0.2, 0.25) is 0 Å². The van der Waals surface area contributed by atoms with Gasteiger partial charge in [-0.1, -0.05) is 39.3 Å². The standard InChI is InChI=1S/C20H16BrN3O2S/c1-11-7-12(2)19-15(24-26-17(19)8-11)9-18(25)23-20-22-16(10-27-20)13-3-5-14(21)6-4-13/h3-8,10H,9H2,1-2H3,(H,22,23,25). The van der Waals surface area contributed by atoms with E-state index >= 15 is 0 Å². The van der Waals surface area contributed by atoms with Gasteiger partial charge in [0.2, 0.25) is 5.91 Å². The second-order valence-electron chi connectivity index (χ2n) is 6.35. The van der Waals surface area contributed by atoms with Gasteiger partial charge in [-0.15, -0.1) is 11.3 Å². The fourth-order valence-electron chi connectivity index (χ4n) is 3.04. The van der Waals surface area contributed by atoms with Crippen LogP contribution in [0.5, 0.6) is 0 Å². The number of nitrogens with zero attached hydrogens (tertiary/aromatic N) is 2. The van der Waals surface area contributed by atoms with E-state index in [0.717, 1.165) is 32.2 Å². The predicted octanol–water partition coefficient (Wildman–Crippen LogP) is 5.51. The molecule has 7 heteroatoms. The van der Waals surface area contributed by atoms with Gasteiger partial charge in [-0.05, 0) is 43.2 Å². The van der Waals surface area contributed by atoms with E-state index in [1.54, 1.807) is 0 Å². The molecule has 0 aliphatic rings. The Kier molecular flexibility index (Phi) is 4.80. The van der Waals surface area contributed by atoms with Gasteiger partial charge in [0.25, 0.3) is 0 Å². The maximum absolute atomic E-state index is 12.5. The van der Waals surface area contributed by atoms with Crippen LogP contribution in [0.1, 0.15) is 16.8 Å². The molecule has 0 spiro atoms. The van der Waals surface area contributed by atoms with Crippen LogP contribution < -0.4 is 5.32 Å². The van der Waals surface area contributed by atoms with Crippen molar-refractivity contribution in [3.63, 3.8) is 0 Å². The number of carbonyl (C=O) groups is 1. The normalized spacial score (nSPS) is 11.1. The summed E-state index contributed by atoms with van der Waals surface area (Å²) < 4.78 is 6.40. The number of aryl methyl sites for hydroxylation is 2. The van der Waals surface area contributed by atoms with Gasteiger partial charge in [-0.25, -0.2) is 4.98 Å². The largest absolute Gasteiger partial charge is 0.356 e. The maximum Gasteiger partial charge on any atom is 0.232 e. The molecule has 0 fully saturated rings. The molecule has 4 rings (SSSR count). The molecule has 0 aliphatic heterocycles. The molecule has 0 radical (unpaired) electrons. The zero-order valence-electron chi connectivity index (χ0n) is 14.7. The molecule has 5 nitrogen and oxygen atoms in total. The van der Waals surface area contributed by atoms with Crippen molar-refractivity contribution in [3.05, 3.63) is 63.1 Å². The number of hydrogen-bond acceptors (Lipinski definition) is 5. The van der Waals surface area contributed by atoms with E-state index in [9.17, 15) is 4.79 Å². The number of carbonyl (C=O) groups excluding carboxylic acids is 1. The van der Waals surface area contributed by atoms with Gasteiger partial charge in [0, 0.05) is 20.8 Å². The summed E-state index contributed by atoms with van der Waals surface area (Å²) in [7, 11) is 0. The highest BCUT2D eigenvalue weighted by atomic mass is 79.9. The Balaban J connectivity index is 1.50. The molecule has 0 aliphatic carbocycles. The Morgan fingerprint density at radius 1 is 1.22 bits per heavy atom. The molecular formula is C20H16BrN3O2S. The van der Waals surface area contributed by atoms with E-state index in [4.69, 9.17) is 4.52 Å². The molecule has 2 aromatic carbocycles. The molecule has 0 bridgehead atoms. The number of benzene rings is 2. The van der Waals surface area contributed by atoms with Gasteiger partial charge >= 0.3 is 0 Å². The SMILES string of the molecule is Cc1cc(C)c2c(CC(=O)Nc3nc(-c4ccc(Br)cc4)cs3)noc2c1. The van der Waals surface area contributed by atoms with Crippen LogP contribution in [0.3, 0.4) is 0 Å². The average Bonchev–Trinajstić information content (AvgIpc) is 3.23. The lowest BCUT2D eigenvalue weighted by Gasteiger charge is -2.02. The van der Waals surface area contributed by atoms with E-state index in [1.807, 2.05) is 49.6 Å². The van der Waals surface area contributed by atoms with Crippen LogP contribution in [-0.2, 0) is 11.2 Å². The zero-order chi connectivity index (χ0) is 19.0. The molecule has 1 N–H and O–H groups in total. The third-order valence-corrected chi connectivity index (χ3v) is 5.49. The highest BCUT2D eigenvalue weighted by Gasteiger charge is 2.16. The number of thiazole rings is 1. The summed E-state index contributed by atoms with van der Waals surface area (Å²) in [6.45, 7) is 4.01. The Bertz CT molecular complexity index is 1130. The molecule has 2 heterocycles. The highest BCUT2D eigenvalue weighted by molar-refractivity contribution is 9.10. The van der Waals surface area contributed by atoms with Gasteiger partial charge in [0.15, 0.2) is 10.7 Å². The molecule has 0 unspecified atom stereocenters. The van der Waals surface area contributed by atoms with Gasteiger partial charge in [0.05, 0.1) is 12.1 Å². The summed E-state index contributed by atoms with van der Waals surface area (Å²) in [6.07, 6.45) is 0.143. The van der Waals surface area contributed by atoms with Crippen molar-refractivity contribution >= 4 is 49.3 Å². The minimum absolute atomic E-state index is 0.143. The fourth-order valence-corrected chi connectivity index (χ4v) is 4.04. The molecule has 4 aromatic rings. The molecule has 2 aromatic heterocycles. The number of aromatic nitrogens is 2. The zero-order valence-corrected chi connectivity index (χ0v) is 17.1. The summed E-state index contributed by atoms with van der Waals surface area (Å²) in [6, 6.07) is 11.9. The third kappa shape index (κ3) is 3.79. The van der Waals surface area contributed by atoms with E-state index in [0.29, 0.717) is 16.4 Å². The lowest BCUT2D eigenvalue weighted by molar-refractivity contribution is -0.115. The lowest BCUT2D eigenvalue weighted by Crippen LogP contribution is -2.14. The Morgan fingerprint density at radius 2 is 2.00 bits per heavy atom. The first-order valence-corrected chi connectivity index (χ1v) is 10.0. The van der Waals surface area contributed by atoms with Crippen LogP contribution in [0.15, 0.2) is 50.8 Å². The van der Waals surface area contributed by atoms with Crippen LogP contribution in [0, 0.1) is 13.8 Å². The van der Waals surface area contributed by atoms with Gasteiger partial charge in [-0.2, -0.15) is 0 Å². The van der Waals surface area contributed by atoms with Crippen molar-refractivity contribution in [2.75, 3.05) is 5.32 Å². The molecule has 136 valence electrons. The fraction of sp³-hybridized carbons (Fsp3) is 0.150. The summed E-state index contributed by atoms with van der Waals surface area (Å²) >= 11 is 4.82. The first-order valence-electron chi connectivity index (χ1n) is 8.36. The van der Waals surface area contributed by atoms with Crippen LogP contribution in [-0.4, -0.2) is 16.0 Å². The molecule has 0 saturated carbocycles. The van der Waals surface area contributed by atoms with Crippen LogP contribution in [0.4, 0.5) is 5.13 Å². The van der Waals surface area contributed by atoms with E-state index in [2.05, 4.69) is 37.5 Å². The smallest absolute Gasteiger partial charge is 0.232 e. The number of rotatable bonds is 4. The molecule has 0 atom stereocenters. The number of nitrogens with one attached hydrogen (secondary N) is 1. The second kappa shape index (κ2) is 7.25. The van der Waals surface area contributed by atoms with Gasteiger partial charge in [-0.3, -0.25) is 4.79 Å². The predicted molar refractivity (Wildman–Crippen MR) is 111 cm³/mol. The second-order valence-corrected chi connectivity index (χ2v) is 8.13. The Hall–Kier alpha value is -2.51. The van der Waals surface area contributed by atoms with Crippen molar-refractivity contribution in [2.45, 2.75) is 20.3 Å². The molecule has 0 saturated heterocycles. The number of halogens is 1. The van der Waals surface area contributed by atoms with E-state index in [1.165, 1.54) is 11.3 Å². The number of hydrogen-bond donors (Lipinski definition) is 1. The quantitative estimate of drug-likeness (QED) is 0.453. The Labute approximate surface area is 168 Å². The van der Waals surface area contributed by atoms with Crippen molar-refractivity contribution in [1.29, 1.82) is 0 Å². The topological polar surface area (TPSA) is 68.0 Å². The average molecular weight is 442 g/mol. The number of anilines is 1. The Morgan fingerprint density at radius 3 is 2.78 bits per heavy atom. The third-order valence-electron chi connectivity index (χ3n) is 4.20. The van der Waals surface area contributed by atoms with Crippen molar-refractivity contribution in [1.82, 2.24) is 10.1 Å². The lowest BCUT2D eigenvalue weighted by atomic mass is 10.0. The first-order chi connectivity index (χ1) is 13.0. The van der Waals surface area contributed by atoms with Crippen molar-refractivity contribution in [3.8, 4) is 11.3 Å². The van der Waals surface area contributed by atoms with Crippen LogP contribution >= 0.6 is 27.3 Å². The van der Waals surface area contributed by atoms with Gasteiger partial charge < -0.3 is 9.84 Å². The minimum atomic E-state index is -0.165.